The van der Waals surface area contributed by atoms with E-state index in [0.717, 1.165) is 23.7 Å². The van der Waals surface area contributed by atoms with Crippen LogP contribution in [-0.4, -0.2) is 23.3 Å². The third-order valence-corrected chi connectivity index (χ3v) is 3.62. The van der Waals surface area contributed by atoms with Crippen LogP contribution in [0.2, 0.25) is 0 Å². The van der Waals surface area contributed by atoms with E-state index in [4.69, 9.17) is 0 Å². The first-order chi connectivity index (χ1) is 9.72. The molecule has 0 spiro atoms. The summed E-state index contributed by atoms with van der Waals surface area (Å²) in [6.07, 6.45) is 2.59. The van der Waals surface area contributed by atoms with Crippen LogP contribution < -0.4 is 10.2 Å². The zero-order valence-electron chi connectivity index (χ0n) is 12.0. The molecular weight excluding hydrogens is 248 g/mol. The van der Waals surface area contributed by atoms with E-state index in [2.05, 4.69) is 46.7 Å². The number of hydrogen-bond donors (Lipinski definition) is 1. The van der Waals surface area contributed by atoms with E-state index >= 15 is 0 Å². The average Bonchev–Trinajstić information content (AvgIpc) is 3.30. The number of aromatic nitrogens is 2. The summed E-state index contributed by atoms with van der Waals surface area (Å²) in [5.41, 5.74) is 3.38. The molecule has 0 radical (unpaired) electrons. The predicted octanol–water partition coefficient (Wildman–Crippen LogP) is 2.80. The zero-order valence-corrected chi connectivity index (χ0v) is 12.0. The average molecular weight is 268 g/mol. The summed E-state index contributed by atoms with van der Waals surface area (Å²) in [4.78, 5) is 2.05. The van der Waals surface area contributed by atoms with Gasteiger partial charge in [0.05, 0.1) is 5.69 Å². The third-order valence-electron chi connectivity index (χ3n) is 3.62. The number of benzene rings is 1. The van der Waals surface area contributed by atoms with Gasteiger partial charge in [0.25, 0.3) is 0 Å². The molecule has 1 heterocycles. The molecule has 20 heavy (non-hydrogen) atoms. The fourth-order valence-electron chi connectivity index (χ4n) is 2.06. The minimum Gasteiger partial charge on any atom is -0.328 e. The molecule has 1 fully saturated rings. The van der Waals surface area contributed by atoms with Gasteiger partial charge in [-0.2, -0.15) is 5.10 Å². The van der Waals surface area contributed by atoms with Gasteiger partial charge < -0.3 is 10.2 Å². The van der Waals surface area contributed by atoms with Crippen molar-refractivity contribution in [1.29, 1.82) is 0 Å². The van der Waals surface area contributed by atoms with Crippen molar-refractivity contribution in [3.05, 3.63) is 47.7 Å². The molecule has 0 atom stereocenters. The van der Waals surface area contributed by atoms with Crippen LogP contribution in [0.15, 0.2) is 36.4 Å². The molecule has 1 aliphatic carbocycles. The van der Waals surface area contributed by atoms with E-state index in [9.17, 15) is 0 Å². The second-order valence-corrected chi connectivity index (χ2v) is 5.43. The van der Waals surface area contributed by atoms with E-state index in [-0.39, 0.29) is 0 Å². The van der Waals surface area contributed by atoms with Crippen molar-refractivity contribution >= 4 is 11.5 Å². The SMILES string of the molecule is Cc1ccc(N(C)c2ccc(CNC3CC3)nn2)cc1. The molecule has 2 aromatic rings. The number of nitrogens with one attached hydrogen (secondary N) is 1. The Labute approximate surface area is 119 Å². The van der Waals surface area contributed by atoms with Crippen LogP contribution in [-0.2, 0) is 6.54 Å². The molecular formula is C16H20N4. The highest BCUT2D eigenvalue weighted by atomic mass is 15.2. The standard InChI is InChI=1S/C16H20N4/c1-12-3-8-15(9-4-12)20(2)16-10-7-14(18-19-16)11-17-13-5-6-13/h3-4,7-10,13,17H,5-6,11H2,1-2H3. The van der Waals surface area contributed by atoms with Gasteiger partial charge in [-0.1, -0.05) is 17.7 Å². The van der Waals surface area contributed by atoms with Gasteiger partial charge in [-0.15, -0.1) is 5.10 Å². The van der Waals surface area contributed by atoms with Gasteiger partial charge in [0.15, 0.2) is 5.82 Å². The van der Waals surface area contributed by atoms with Crippen molar-refractivity contribution < 1.29 is 0 Å². The number of rotatable bonds is 5. The molecule has 0 saturated heterocycles. The lowest BCUT2D eigenvalue weighted by Crippen LogP contribution is -2.17. The monoisotopic (exact) mass is 268 g/mol. The lowest BCUT2D eigenvalue weighted by atomic mass is 10.2. The Balaban J connectivity index is 1.67. The molecule has 104 valence electrons. The second-order valence-electron chi connectivity index (χ2n) is 5.43. The molecule has 1 aromatic heterocycles. The lowest BCUT2D eigenvalue weighted by Gasteiger charge is -2.18. The topological polar surface area (TPSA) is 41.0 Å². The maximum atomic E-state index is 4.31. The van der Waals surface area contributed by atoms with Crippen LogP contribution in [0, 0.1) is 6.92 Å². The molecule has 0 aliphatic heterocycles. The Hall–Kier alpha value is -1.94. The van der Waals surface area contributed by atoms with Crippen molar-refractivity contribution in [1.82, 2.24) is 15.5 Å². The Morgan fingerprint density at radius 1 is 1.10 bits per heavy atom. The fraction of sp³-hybridized carbons (Fsp3) is 0.375. The lowest BCUT2D eigenvalue weighted by molar-refractivity contribution is 0.665. The van der Waals surface area contributed by atoms with Gasteiger partial charge >= 0.3 is 0 Å². The van der Waals surface area contributed by atoms with Crippen molar-refractivity contribution in [3.63, 3.8) is 0 Å². The fourth-order valence-corrected chi connectivity index (χ4v) is 2.06. The largest absolute Gasteiger partial charge is 0.328 e. The molecule has 1 aliphatic rings. The maximum Gasteiger partial charge on any atom is 0.155 e. The Morgan fingerprint density at radius 3 is 2.45 bits per heavy atom. The predicted molar refractivity (Wildman–Crippen MR) is 81.1 cm³/mol. The molecule has 1 N–H and O–H groups in total. The zero-order chi connectivity index (χ0) is 13.9. The van der Waals surface area contributed by atoms with Gasteiger partial charge in [-0.25, -0.2) is 0 Å². The van der Waals surface area contributed by atoms with Crippen molar-refractivity contribution in [2.24, 2.45) is 0 Å². The quantitative estimate of drug-likeness (QED) is 0.905. The van der Waals surface area contributed by atoms with E-state index in [1.807, 2.05) is 24.1 Å². The van der Waals surface area contributed by atoms with Crippen molar-refractivity contribution in [2.75, 3.05) is 11.9 Å². The molecule has 1 saturated carbocycles. The van der Waals surface area contributed by atoms with Crippen LogP contribution in [0.25, 0.3) is 0 Å². The number of anilines is 2. The van der Waals surface area contributed by atoms with E-state index < -0.39 is 0 Å². The first kappa shape index (κ1) is 13.1. The van der Waals surface area contributed by atoms with Gasteiger partial charge in [0.2, 0.25) is 0 Å². The smallest absolute Gasteiger partial charge is 0.155 e. The first-order valence-electron chi connectivity index (χ1n) is 7.09. The van der Waals surface area contributed by atoms with Crippen LogP contribution in [0.1, 0.15) is 24.1 Å². The molecule has 0 bridgehead atoms. The Kier molecular flexibility index (Phi) is 3.65. The highest BCUT2D eigenvalue weighted by molar-refractivity contribution is 5.58. The van der Waals surface area contributed by atoms with Crippen molar-refractivity contribution in [2.45, 2.75) is 32.4 Å². The van der Waals surface area contributed by atoms with E-state index in [1.165, 1.54) is 18.4 Å². The summed E-state index contributed by atoms with van der Waals surface area (Å²) >= 11 is 0. The van der Waals surface area contributed by atoms with Crippen molar-refractivity contribution in [3.8, 4) is 0 Å². The molecule has 4 heteroatoms. The third kappa shape index (κ3) is 3.14. The summed E-state index contributed by atoms with van der Waals surface area (Å²) in [6.45, 7) is 2.90. The normalized spacial score (nSPS) is 14.3. The maximum absolute atomic E-state index is 4.31. The Bertz CT molecular complexity index is 558. The highest BCUT2D eigenvalue weighted by Gasteiger charge is 2.20. The van der Waals surface area contributed by atoms with E-state index in [1.54, 1.807) is 0 Å². The Morgan fingerprint density at radius 2 is 1.85 bits per heavy atom. The summed E-state index contributed by atoms with van der Waals surface area (Å²) < 4.78 is 0. The summed E-state index contributed by atoms with van der Waals surface area (Å²) in [6, 6.07) is 13.2. The number of nitrogens with zero attached hydrogens (tertiary/aromatic N) is 3. The second kappa shape index (κ2) is 5.59. The van der Waals surface area contributed by atoms with Crippen LogP contribution in [0.3, 0.4) is 0 Å². The van der Waals surface area contributed by atoms with Gasteiger partial charge in [-0.05, 0) is 44.0 Å². The summed E-state index contributed by atoms with van der Waals surface area (Å²) in [5, 5.41) is 12.0. The van der Waals surface area contributed by atoms with Crippen LogP contribution >= 0.6 is 0 Å². The van der Waals surface area contributed by atoms with Crippen LogP contribution in [0.5, 0.6) is 0 Å². The summed E-state index contributed by atoms with van der Waals surface area (Å²) in [5.74, 6) is 0.865. The van der Waals surface area contributed by atoms with Gasteiger partial charge in [-0.3, -0.25) is 0 Å². The number of hydrogen-bond acceptors (Lipinski definition) is 4. The molecule has 1 aromatic carbocycles. The molecule has 4 nitrogen and oxygen atoms in total. The van der Waals surface area contributed by atoms with E-state index in [0.29, 0.717) is 6.04 Å². The van der Waals surface area contributed by atoms with Gasteiger partial charge in [0.1, 0.15) is 0 Å². The molecule has 3 rings (SSSR count). The van der Waals surface area contributed by atoms with Gasteiger partial charge in [0, 0.05) is 25.3 Å². The summed E-state index contributed by atoms with van der Waals surface area (Å²) in [7, 11) is 2.01. The minimum absolute atomic E-state index is 0.701. The molecule has 0 unspecified atom stereocenters. The highest BCUT2D eigenvalue weighted by Crippen LogP contribution is 2.22. The number of aryl methyl sites for hydroxylation is 1. The minimum atomic E-state index is 0.701. The first-order valence-corrected chi connectivity index (χ1v) is 7.09. The van der Waals surface area contributed by atoms with Crippen LogP contribution in [0.4, 0.5) is 11.5 Å². The molecule has 0 amide bonds.